The molecule has 0 atom stereocenters. The average Bonchev–Trinajstić information content (AvgIpc) is 3.04. The van der Waals surface area contributed by atoms with Gasteiger partial charge in [0.1, 0.15) is 4.88 Å². The summed E-state index contributed by atoms with van der Waals surface area (Å²) in [7, 11) is 0. The Morgan fingerprint density at radius 3 is 2.75 bits per heavy atom. The number of nitro groups is 1. The highest BCUT2D eigenvalue weighted by atomic mass is 32.1. The first-order valence-corrected chi connectivity index (χ1v) is 6.55. The number of hydrogen-bond acceptors (Lipinski definition) is 7. The molecule has 1 aromatic heterocycles. The minimum Gasteiger partial charge on any atom is -0.451 e. The summed E-state index contributed by atoms with van der Waals surface area (Å²) in [6, 6.07) is 2.45. The molecule has 0 aromatic carbocycles. The molecule has 2 amide bonds. The second kappa shape index (κ2) is 5.78. The van der Waals surface area contributed by atoms with Crippen molar-refractivity contribution in [2.45, 2.75) is 12.8 Å². The lowest BCUT2D eigenvalue weighted by atomic mass is 10.4. The third kappa shape index (κ3) is 2.99. The molecule has 2 heterocycles. The zero-order valence-electron chi connectivity index (χ0n) is 10.2. The van der Waals surface area contributed by atoms with E-state index in [-0.39, 0.29) is 15.8 Å². The number of amides is 2. The number of likely N-dealkylation sites (tertiary alicyclic amines) is 1. The van der Waals surface area contributed by atoms with Crippen LogP contribution in [0.4, 0.5) is 5.00 Å². The highest BCUT2D eigenvalue weighted by Gasteiger charge is 2.27. The molecule has 0 bridgehead atoms. The molecule has 0 N–H and O–H groups in total. The first-order valence-electron chi connectivity index (χ1n) is 5.73. The van der Waals surface area contributed by atoms with E-state index in [4.69, 9.17) is 4.74 Å². The van der Waals surface area contributed by atoms with Crippen molar-refractivity contribution in [2.75, 3.05) is 13.2 Å². The lowest BCUT2D eigenvalue weighted by Crippen LogP contribution is -2.35. The molecule has 1 fully saturated rings. The van der Waals surface area contributed by atoms with Crippen LogP contribution in [-0.4, -0.2) is 40.8 Å². The monoisotopic (exact) mass is 298 g/mol. The van der Waals surface area contributed by atoms with E-state index in [0.717, 1.165) is 4.90 Å². The van der Waals surface area contributed by atoms with Crippen LogP contribution in [0.5, 0.6) is 0 Å². The summed E-state index contributed by atoms with van der Waals surface area (Å²) in [5.74, 6) is -1.67. The summed E-state index contributed by atoms with van der Waals surface area (Å²) < 4.78 is 4.75. The third-order valence-electron chi connectivity index (χ3n) is 2.67. The van der Waals surface area contributed by atoms with Crippen molar-refractivity contribution in [3.8, 4) is 0 Å². The Balaban J connectivity index is 1.89. The van der Waals surface area contributed by atoms with Crippen molar-refractivity contribution in [1.82, 2.24) is 4.90 Å². The van der Waals surface area contributed by atoms with Crippen LogP contribution >= 0.6 is 11.3 Å². The normalized spacial score (nSPS) is 14.4. The number of carbonyl (C=O) groups is 3. The quantitative estimate of drug-likeness (QED) is 0.465. The van der Waals surface area contributed by atoms with E-state index in [9.17, 15) is 24.5 Å². The third-order valence-corrected chi connectivity index (χ3v) is 3.69. The molecule has 0 aliphatic carbocycles. The number of nitrogens with zero attached hydrogens (tertiary/aromatic N) is 2. The fourth-order valence-corrected chi connectivity index (χ4v) is 2.44. The maximum absolute atomic E-state index is 11.6. The minimum absolute atomic E-state index is 0.0391. The van der Waals surface area contributed by atoms with Gasteiger partial charge in [0.15, 0.2) is 6.61 Å². The SMILES string of the molecule is O=C(OCC(=O)N1CCCC1=O)c1ccc([N+](=O)[O-])s1. The van der Waals surface area contributed by atoms with Crippen LogP contribution < -0.4 is 0 Å². The Morgan fingerprint density at radius 2 is 2.20 bits per heavy atom. The molecular weight excluding hydrogens is 288 g/mol. The summed E-state index contributed by atoms with van der Waals surface area (Å²) in [6.07, 6.45) is 0.923. The Hall–Kier alpha value is -2.29. The van der Waals surface area contributed by atoms with Crippen molar-refractivity contribution in [3.63, 3.8) is 0 Å². The Bertz CT molecular complexity index is 581. The smallest absolute Gasteiger partial charge is 0.349 e. The van der Waals surface area contributed by atoms with Crippen LogP contribution in [-0.2, 0) is 14.3 Å². The van der Waals surface area contributed by atoms with Crippen LogP contribution in [0, 0.1) is 10.1 Å². The number of imide groups is 1. The molecule has 1 aliphatic heterocycles. The molecule has 9 heteroatoms. The molecule has 1 saturated heterocycles. The first-order chi connectivity index (χ1) is 9.49. The van der Waals surface area contributed by atoms with Crippen LogP contribution in [0.25, 0.3) is 0 Å². The average molecular weight is 298 g/mol. The van der Waals surface area contributed by atoms with E-state index < -0.39 is 23.4 Å². The Kier molecular flexibility index (Phi) is 4.08. The molecule has 8 nitrogen and oxygen atoms in total. The summed E-state index contributed by atoms with van der Waals surface area (Å²) in [6.45, 7) is -0.212. The van der Waals surface area contributed by atoms with Crippen LogP contribution in [0.2, 0.25) is 0 Å². The molecule has 0 radical (unpaired) electrons. The second-order valence-corrected chi connectivity index (χ2v) is 5.08. The van der Waals surface area contributed by atoms with Gasteiger partial charge < -0.3 is 4.74 Å². The highest BCUT2D eigenvalue weighted by Crippen LogP contribution is 2.24. The topological polar surface area (TPSA) is 107 Å². The molecule has 106 valence electrons. The minimum atomic E-state index is -0.817. The summed E-state index contributed by atoms with van der Waals surface area (Å²) in [4.78, 5) is 45.5. The number of ether oxygens (including phenoxy) is 1. The zero-order chi connectivity index (χ0) is 14.7. The number of carbonyl (C=O) groups excluding carboxylic acids is 3. The zero-order valence-corrected chi connectivity index (χ0v) is 11.1. The molecule has 1 aliphatic rings. The van der Waals surface area contributed by atoms with Gasteiger partial charge in [0.2, 0.25) is 5.91 Å². The Morgan fingerprint density at radius 1 is 1.45 bits per heavy atom. The van der Waals surface area contributed by atoms with Gasteiger partial charge in [-0.15, -0.1) is 0 Å². The lowest BCUT2D eigenvalue weighted by molar-refractivity contribution is -0.380. The first kappa shape index (κ1) is 14.1. The second-order valence-electron chi connectivity index (χ2n) is 4.01. The van der Waals surface area contributed by atoms with Crippen molar-refractivity contribution in [3.05, 3.63) is 27.1 Å². The standard InChI is InChI=1S/C11H10N2O6S/c14-8-2-1-5-12(8)9(15)6-19-11(16)7-3-4-10(20-7)13(17)18/h3-4H,1-2,5-6H2. The molecule has 0 spiro atoms. The van der Waals surface area contributed by atoms with Gasteiger partial charge in [0, 0.05) is 19.0 Å². The Labute approximate surface area is 117 Å². The van der Waals surface area contributed by atoms with Gasteiger partial charge in [-0.25, -0.2) is 4.79 Å². The van der Waals surface area contributed by atoms with E-state index in [1.165, 1.54) is 12.1 Å². The fraction of sp³-hybridized carbons (Fsp3) is 0.364. The van der Waals surface area contributed by atoms with Gasteiger partial charge in [-0.05, 0) is 12.5 Å². The van der Waals surface area contributed by atoms with Gasteiger partial charge in [0.05, 0.1) is 4.92 Å². The molecular formula is C11H10N2O6S. The summed E-state index contributed by atoms with van der Waals surface area (Å²) in [5.41, 5.74) is 0. The highest BCUT2D eigenvalue weighted by molar-refractivity contribution is 7.17. The van der Waals surface area contributed by atoms with Gasteiger partial charge in [-0.3, -0.25) is 24.6 Å². The van der Waals surface area contributed by atoms with Crippen LogP contribution in [0.1, 0.15) is 22.5 Å². The lowest BCUT2D eigenvalue weighted by Gasteiger charge is -2.12. The van der Waals surface area contributed by atoms with E-state index in [2.05, 4.69) is 0 Å². The molecule has 0 saturated carbocycles. The van der Waals surface area contributed by atoms with Crippen molar-refractivity contribution in [2.24, 2.45) is 0 Å². The maximum Gasteiger partial charge on any atom is 0.349 e. The van der Waals surface area contributed by atoms with Crippen LogP contribution in [0.3, 0.4) is 0 Å². The maximum atomic E-state index is 11.6. The van der Waals surface area contributed by atoms with Crippen molar-refractivity contribution >= 4 is 34.1 Å². The van der Waals surface area contributed by atoms with Crippen molar-refractivity contribution in [1.29, 1.82) is 0 Å². The molecule has 2 rings (SSSR count). The number of rotatable bonds is 4. The van der Waals surface area contributed by atoms with Gasteiger partial charge in [-0.1, -0.05) is 11.3 Å². The number of hydrogen-bond donors (Lipinski definition) is 0. The fourth-order valence-electron chi connectivity index (χ4n) is 1.72. The number of esters is 1. The molecule has 20 heavy (non-hydrogen) atoms. The van der Waals surface area contributed by atoms with E-state index in [0.29, 0.717) is 30.7 Å². The van der Waals surface area contributed by atoms with E-state index >= 15 is 0 Å². The van der Waals surface area contributed by atoms with E-state index in [1.54, 1.807) is 0 Å². The molecule has 1 aromatic rings. The predicted molar refractivity (Wildman–Crippen MR) is 67.2 cm³/mol. The van der Waals surface area contributed by atoms with Gasteiger partial charge in [0.25, 0.3) is 5.91 Å². The van der Waals surface area contributed by atoms with Crippen LogP contribution in [0.15, 0.2) is 12.1 Å². The predicted octanol–water partition coefficient (Wildman–Crippen LogP) is 0.962. The number of thiophene rings is 1. The van der Waals surface area contributed by atoms with E-state index in [1.807, 2.05) is 0 Å². The van der Waals surface area contributed by atoms with Gasteiger partial charge >= 0.3 is 11.0 Å². The summed E-state index contributed by atoms with van der Waals surface area (Å²) in [5, 5.41) is 10.3. The largest absolute Gasteiger partial charge is 0.451 e. The molecule has 0 unspecified atom stereocenters. The van der Waals surface area contributed by atoms with Gasteiger partial charge in [-0.2, -0.15) is 0 Å². The summed E-state index contributed by atoms with van der Waals surface area (Å²) >= 11 is 0.668. The van der Waals surface area contributed by atoms with Crippen molar-refractivity contribution < 1.29 is 24.0 Å².